The molecule has 2 rings (SSSR count). The van der Waals surface area contributed by atoms with Gasteiger partial charge in [-0.15, -0.1) is 0 Å². The van der Waals surface area contributed by atoms with E-state index in [1.807, 2.05) is 19.1 Å². The van der Waals surface area contributed by atoms with E-state index in [-0.39, 0.29) is 5.84 Å². The molecule has 3 N–H and O–H groups in total. The molecular weight excluding hydrogens is 222 g/mol. The van der Waals surface area contributed by atoms with E-state index in [9.17, 15) is 0 Å². The number of hydrogen-bond donors (Lipinski definition) is 2. The van der Waals surface area contributed by atoms with Gasteiger partial charge in [0.25, 0.3) is 0 Å². The Balaban J connectivity index is 2.52. The molecule has 0 saturated carbocycles. The lowest BCUT2D eigenvalue weighted by Crippen LogP contribution is -2.13. The van der Waals surface area contributed by atoms with Gasteiger partial charge in [0.2, 0.25) is 0 Å². The molecule has 0 aliphatic rings. The second-order valence-corrected chi connectivity index (χ2v) is 4.56. The van der Waals surface area contributed by atoms with E-state index in [2.05, 4.69) is 37.0 Å². The molecule has 0 bridgehead atoms. The van der Waals surface area contributed by atoms with Gasteiger partial charge in [0, 0.05) is 16.8 Å². The number of aromatic nitrogens is 1. The van der Waals surface area contributed by atoms with Crippen LogP contribution < -0.4 is 5.73 Å². The summed E-state index contributed by atoms with van der Waals surface area (Å²) in [6.07, 6.45) is 0. The highest BCUT2D eigenvalue weighted by molar-refractivity contribution is 5.96. The Hall–Kier alpha value is -2.16. The summed E-state index contributed by atoms with van der Waals surface area (Å²) in [5.74, 6) is 0.0622. The summed E-state index contributed by atoms with van der Waals surface area (Å²) in [6.45, 7) is 6.04. The van der Waals surface area contributed by atoms with E-state index >= 15 is 0 Å². The molecule has 0 aliphatic carbocycles. The molecule has 92 valence electrons. The van der Waals surface area contributed by atoms with Crippen LogP contribution in [0.1, 0.15) is 22.4 Å². The van der Waals surface area contributed by atoms with Gasteiger partial charge < -0.3 is 5.73 Å². The molecule has 0 radical (unpaired) electrons. The molecule has 3 heteroatoms. The van der Waals surface area contributed by atoms with Gasteiger partial charge in [0.05, 0.1) is 5.69 Å². The van der Waals surface area contributed by atoms with E-state index in [1.165, 1.54) is 11.1 Å². The molecule has 18 heavy (non-hydrogen) atoms. The second kappa shape index (κ2) is 4.61. The number of benzene rings is 1. The minimum absolute atomic E-state index is 0.0622. The van der Waals surface area contributed by atoms with Crippen molar-refractivity contribution < 1.29 is 0 Å². The third-order valence-electron chi connectivity index (χ3n) is 3.03. The lowest BCUT2D eigenvalue weighted by molar-refractivity contribution is 1.18. The summed E-state index contributed by atoms with van der Waals surface area (Å²) in [5.41, 5.74) is 11.5. The number of nitrogen functional groups attached to an aromatic ring is 1. The maximum atomic E-state index is 7.46. The minimum atomic E-state index is 0.0622. The molecule has 0 fully saturated rings. The average Bonchev–Trinajstić information content (AvgIpc) is 2.28. The highest BCUT2D eigenvalue weighted by Crippen LogP contribution is 2.23. The fourth-order valence-electron chi connectivity index (χ4n) is 2.10. The van der Waals surface area contributed by atoms with Crippen molar-refractivity contribution in [1.29, 1.82) is 5.41 Å². The Labute approximate surface area is 107 Å². The Morgan fingerprint density at radius 3 is 2.39 bits per heavy atom. The smallest absolute Gasteiger partial charge is 0.124 e. The quantitative estimate of drug-likeness (QED) is 0.625. The topological polar surface area (TPSA) is 62.8 Å². The maximum Gasteiger partial charge on any atom is 0.124 e. The number of nitrogens with one attached hydrogen (secondary N) is 1. The SMILES string of the molecule is Cc1ccc(-c2ccc(C(=N)N)c(C)n2)c(C)c1. The van der Waals surface area contributed by atoms with Crippen molar-refractivity contribution in [2.24, 2.45) is 5.73 Å². The molecule has 3 nitrogen and oxygen atoms in total. The van der Waals surface area contributed by atoms with Crippen LogP contribution in [0.5, 0.6) is 0 Å². The van der Waals surface area contributed by atoms with Crippen LogP contribution in [-0.2, 0) is 0 Å². The predicted octanol–water partition coefficient (Wildman–Crippen LogP) is 2.96. The zero-order chi connectivity index (χ0) is 13.3. The Bertz CT molecular complexity index is 615. The van der Waals surface area contributed by atoms with Crippen LogP contribution in [0, 0.1) is 26.2 Å². The molecule has 0 spiro atoms. The van der Waals surface area contributed by atoms with Crippen molar-refractivity contribution in [3.63, 3.8) is 0 Å². The second-order valence-electron chi connectivity index (χ2n) is 4.56. The summed E-state index contributed by atoms with van der Waals surface area (Å²) in [4.78, 5) is 4.53. The summed E-state index contributed by atoms with van der Waals surface area (Å²) >= 11 is 0. The van der Waals surface area contributed by atoms with Crippen molar-refractivity contribution >= 4 is 5.84 Å². The highest BCUT2D eigenvalue weighted by Gasteiger charge is 2.07. The maximum absolute atomic E-state index is 7.46. The molecule has 2 aromatic rings. The zero-order valence-electron chi connectivity index (χ0n) is 10.9. The van der Waals surface area contributed by atoms with Gasteiger partial charge in [0.15, 0.2) is 0 Å². The predicted molar refractivity (Wildman–Crippen MR) is 74.9 cm³/mol. The number of amidine groups is 1. The van der Waals surface area contributed by atoms with Crippen molar-refractivity contribution in [2.45, 2.75) is 20.8 Å². The number of hydrogen-bond acceptors (Lipinski definition) is 2. The van der Waals surface area contributed by atoms with E-state index in [0.717, 1.165) is 17.0 Å². The largest absolute Gasteiger partial charge is 0.384 e. The van der Waals surface area contributed by atoms with Crippen molar-refractivity contribution in [1.82, 2.24) is 4.98 Å². The fraction of sp³-hybridized carbons (Fsp3) is 0.200. The van der Waals surface area contributed by atoms with Gasteiger partial charge in [0.1, 0.15) is 5.84 Å². The molecule has 0 saturated heterocycles. The molecule has 0 unspecified atom stereocenters. The Kier molecular flexibility index (Phi) is 3.15. The molecule has 1 heterocycles. The first kappa shape index (κ1) is 12.3. The van der Waals surface area contributed by atoms with E-state index < -0.39 is 0 Å². The summed E-state index contributed by atoms with van der Waals surface area (Å²) in [7, 11) is 0. The molecule has 1 aromatic heterocycles. The Morgan fingerprint density at radius 2 is 1.83 bits per heavy atom. The van der Waals surface area contributed by atoms with E-state index in [4.69, 9.17) is 11.1 Å². The van der Waals surface area contributed by atoms with Crippen molar-refractivity contribution in [3.05, 3.63) is 52.7 Å². The molecule has 0 aliphatic heterocycles. The third-order valence-corrected chi connectivity index (χ3v) is 3.03. The number of rotatable bonds is 2. The first-order valence-corrected chi connectivity index (χ1v) is 5.88. The van der Waals surface area contributed by atoms with Crippen LogP contribution in [0.2, 0.25) is 0 Å². The van der Waals surface area contributed by atoms with Gasteiger partial charge in [-0.3, -0.25) is 10.4 Å². The first-order valence-electron chi connectivity index (χ1n) is 5.88. The van der Waals surface area contributed by atoms with E-state index in [1.54, 1.807) is 0 Å². The van der Waals surface area contributed by atoms with Gasteiger partial charge in [-0.1, -0.05) is 23.8 Å². The fourth-order valence-corrected chi connectivity index (χ4v) is 2.10. The van der Waals surface area contributed by atoms with Gasteiger partial charge >= 0.3 is 0 Å². The van der Waals surface area contributed by atoms with Crippen LogP contribution in [0.4, 0.5) is 0 Å². The molecule has 1 aromatic carbocycles. The summed E-state index contributed by atoms with van der Waals surface area (Å²) in [5, 5.41) is 7.46. The first-order chi connectivity index (χ1) is 8.49. The Morgan fingerprint density at radius 1 is 1.11 bits per heavy atom. The number of nitrogens with two attached hydrogens (primary N) is 1. The average molecular weight is 239 g/mol. The molecule has 0 amide bonds. The standard InChI is InChI=1S/C15H17N3/c1-9-4-5-12(10(2)8-9)14-7-6-13(15(16)17)11(3)18-14/h4-8H,1-3H3,(H3,16,17). The lowest BCUT2D eigenvalue weighted by atomic mass is 10.0. The monoisotopic (exact) mass is 239 g/mol. The van der Waals surface area contributed by atoms with Crippen LogP contribution in [-0.4, -0.2) is 10.8 Å². The summed E-state index contributed by atoms with van der Waals surface area (Å²) < 4.78 is 0. The number of nitrogens with zero attached hydrogens (tertiary/aromatic N) is 1. The van der Waals surface area contributed by atoms with Gasteiger partial charge in [-0.2, -0.15) is 0 Å². The molecule has 0 atom stereocenters. The lowest BCUT2D eigenvalue weighted by Gasteiger charge is -2.09. The minimum Gasteiger partial charge on any atom is -0.384 e. The van der Waals surface area contributed by atoms with Crippen LogP contribution >= 0.6 is 0 Å². The van der Waals surface area contributed by atoms with Crippen molar-refractivity contribution in [3.8, 4) is 11.3 Å². The summed E-state index contributed by atoms with van der Waals surface area (Å²) in [6, 6.07) is 10.1. The highest BCUT2D eigenvalue weighted by atomic mass is 14.8. The zero-order valence-corrected chi connectivity index (χ0v) is 10.9. The van der Waals surface area contributed by atoms with Gasteiger partial charge in [-0.05, 0) is 38.5 Å². The van der Waals surface area contributed by atoms with E-state index in [0.29, 0.717) is 5.56 Å². The third kappa shape index (κ3) is 2.25. The van der Waals surface area contributed by atoms with Gasteiger partial charge in [-0.25, -0.2) is 0 Å². The van der Waals surface area contributed by atoms with Crippen LogP contribution in [0.3, 0.4) is 0 Å². The van der Waals surface area contributed by atoms with Crippen molar-refractivity contribution in [2.75, 3.05) is 0 Å². The van der Waals surface area contributed by atoms with Crippen LogP contribution in [0.15, 0.2) is 30.3 Å². The normalized spacial score (nSPS) is 10.4. The molecular formula is C15H17N3. The number of pyridine rings is 1. The number of aryl methyl sites for hydroxylation is 3. The van der Waals surface area contributed by atoms with Crippen LogP contribution in [0.25, 0.3) is 11.3 Å².